The van der Waals surface area contributed by atoms with Gasteiger partial charge < -0.3 is 19.5 Å². The maximum Gasteiger partial charge on any atom is 0.331 e. The first-order valence-electron chi connectivity index (χ1n) is 8.29. The fraction of sp³-hybridized carbons (Fsp3) is 0.150. The van der Waals surface area contributed by atoms with E-state index in [0.29, 0.717) is 17.2 Å². The van der Waals surface area contributed by atoms with Crippen LogP contribution < -0.4 is 14.8 Å². The van der Waals surface area contributed by atoms with Gasteiger partial charge in [-0.2, -0.15) is 5.26 Å². The number of carbonyl (C=O) groups excluding carboxylic acids is 2. The van der Waals surface area contributed by atoms with Crippen molar-refractivity contribution in [2.45, 2.75) is 4.90 Å². The van der Waals surface area contributed by atoms with Gasteiger partial charge >= 0.3 is 5.97 Å². The third-order valence-corrected chi connectivity index (χ3v) is 4.55. The number of nitrogens with one attached hydrogen (secondary N) is 1. The van der Waals surface area contributed by atoms with E-state index in [0.717, 1.165) is 10.5 Å². The standard InChI is InChI=1S/C20H16N2O5S/c21-9-10-28-18-4-2-1-3-15(18)22-19(23)12-25-20(24)8-6-14-5-7-16-17(11-14)27-13-26-16/h1-8,11H,10,12-13H2,(H,22,23)/b8-6+. The van der Waals surface area contributed by atoms with E-state index in [9.17, 15) is 9.59 Å². The largest absolute Gasteiger partial charge is 0.454 e. The predicted molar refractivity (Wildman–Crippen MR) is 104 cm³/mol. The first-order valence-corrected chi connectivity index (χ1v) is 9.27. The molecular formula is C20H16N2O5S. The smallest absolute Gasteiger partial charge is 0.331 e. The van der Waals surface area contributed by atoms with Gasteiger partial charge in [0.05, 0.1) is 17.5 Å². The van der Waals surface area contributed by atoms with Gasteiger partial charge in [0.2, 0.25) is 6.79 Å². The highest BCUT2D eigenvalue weighted by atomic mass is 32.2. The SMILES string of the molecule is N#CCSc1ccccc1NC(=O)COC(=O)/C=C/c1ccc2c(c1)OCO2. The molecule has 2 aromatic carbocycles. The first-order chi connectivity index (χ1) is 13.7. The predicted octanol–water partition coefficient (Wildman–Crippen LogP) is 3.23. The number of anilines is 1. The van der Waals surface area contributed by atoms with Gasteiger partial charge in [0.25, 0.3) is 5.91 Å². The minimum atomic E-state index is -0.639. The van der Waals surface area contributed by atoms with Crippen LogP contribution in [0.3, 0.4) is 0 Å². The molecule has 1 N–H and O–H groups in total. The summed E-state index contributed by atoms with van der Waals surface area (Å²) < 4.78 is 15.5. The summed E-state index contributed by atoms with van der Waals surface area (Å²) in [6.07, 6.45) is 2.80. The summed E-state index contributed by atoms with van der Waals surface area (Å²) in [5.41, 5.74) is 1.31. The monoisotopic (exact) mass is 396 g/mol. The van der Waals surface area contributed by atoms with Gasteiger partial charge in [-0.15, -0.1) is 11.8 Å². The molecule has 0 unspecified atom stereocenters. The Balaban J connectivity index is 1.49. The minimum Gasteiger partial charge on any atom is -0.454 e. The van der Waals surface area contributed by atoms with Crippen molar-refractivity contribution in [3.05, 3.63) is 54.1 Å². The van der Waals surface area contributed by atoms with E-state index < -0.39 is 18.5 Å². The molecule has 0 saturated heterocycles. The molecule has 0 spiro atoms. The molecule has 0 fully saturated rings. The molecule has 1 heterocycles. The lowest BCUT2D eigenvalue weighted by Crippen LogP contribution is -2.20. The highest BCUT2D eigenvalue weighted by Gasteiger charge is 2.13. The van der Waals surface area contributed by atoms with Crippen molar-refractivity contribution in [3.8, 4) is 17.6 Å². The first kappa shape index (κ1) is 19.3. The zero-order valence-electron chi connectivity index (χ0n) is 14.7. The van der Waals surface area contributed by atoms with Crippen molar-refractivity contribution in [1.29, 1.82) is 5.26 Å². The maximum atomic E-state index is 12.0. The second kappa shape index (κ2) is 9.48. The summed E-state index contributed by atoms with van der Waals surface area (Å²) in [4.78, 5) is 24.6. The van der Waals surface area contributed by atoms with Crippen LogP contribution in [0.2, 0.25) is 0 Å². The average molecular weight is 396 g/mol. The van der Waals surface area contributed by atoms with Crippen LogP contribution in [0.15, 0.2) is 53.4 Å². The fourth-order valence-corrected chi connectivity index (χ4v) is 3.03. The Morgan fingerprint density at radius 1 is 1.21 bits per heavy atom. The van der Waals surface area contributed by atoms with Crippen LogP contribution in [-0.4, -0.2) is 31.0 Å². The number of nitrogens with zero attached hydrogens (tertiary/aromatic N) is 1. The molecule has 0 aromatic heterocycles. The number of thioether (sulfide) groups is 1. The number of fused-ring (bicyclic) bond motifs is 1. The lowest BCUT2D eigenvalue weighted by atomic mass is 10.2. The number of nitriles is 1. The van der Waals surface area contributed by atoms with Crippen LogP contribution in [0.5, 0.6) is 11.5 Å². The Labute approximate surface area is 165 Å². The zero-order valence-corrected chi connectivity index (χ0v) is 15.5. The van der Waals surface area contributed by atoms with Crippen molar-refractivity contribution >= 4 is 35.4 Å². The molecule has 1 aliphatic rings. The van der Waals surface area contributed by atoms with Crippen LogP contribution in [-0.2, 0) is 14.3 Å². The average Bonchev–Trinajstić information content (AvgIpc) is 3.18. The normalized spacial score (nSPS) is 11.8. The summed E-state index contributed by atoms with van der Waals surface area (Å²) in [7, 11) is 0. The summed E-state index contributed by atoms with van der Waals surface area (Å²) in [5, 5.41) is 11.4. The van der Waals surface area contributed by atoms with E-state index in [-0.39, 0.29) is 12.5 Å². The van der Waals surface area contributed by atoms with Crippen LogP contribution in [0, 0.1) is 11.3 Å². The topological polar surface area (TPSA) is 97.7 Å². The molecule has 28 heavy (non-hydrogen) atoms. The molecule has 0 aliphatic carbocycles. The minimum absolute atomic E-state index is 0.178. The number of hydrogen-bond donors (Lipinski definition) is 1. The van der Waals surface area contributed by atoms with Crippen molar-refractivity contribution in [2.75, 3.05) is 24.5 Å². The molecule has 1 aliphatic heterocycles. The van der Waals surface area contributed by atoms with Crippen LogP contribution in [0.4, 0.5) is 5.69 Å². The highest BCUT2D eigenvalue weighted by molar-refractivity contribution is 7.99. The van der Waals surface area contributed by atoms with Gasteiger partial charge in [0, 0.05) is 11.0 Å². The second-order valence-electron chi connectivity index (χ2n) is 5.54. The zero-order chi connectivity index (χ0) is 19.8. The van der Waals surface area contributed by atoms with E-state index in [1.165, 1.54) is 17.8 Å². The molecule has 0 bridgehead atoms. The molecule has 1 amide bonds. The number of hydrogen-bond acceptors (Lipinski definition) is 7. The molecule has 142 valence electrons. The van der Waals surface area contributed by atoms with Crippen LogP contribution >= 0.6 is 11.8 Å². The van der Waals surface area contributed by atoms with Gasteiger partial charge in [-0.25, -0.2) is 4.79 Å². The number of amides is 1. The molecule has 0 radical (unpaired) electrons. The lowest BCUT2D eigenvalue weighted by Gasteiger charge is -2.09. The molecule has 0 saturated carbocycles. The molecule has 2 aromatic rings. The summed E-state index contributed by atoms with van der Waals surface area (Å²) >= 11 is 1.31. The third kappa shape index (κ3) is 5.28. The highest BCUT2D eigenvalue weighted by Crippen LogP contribution is 2.32. The lowest BCUT2D eigenvalue weighted by molar-refractivity contribution is -0.142. The summed E-state index contributed by atoms with van der Waals surface area (Å²) in [6, 6.07) is 14.4. The summed E-state index contributed by atoms with van der Waals surface area (Å²) in [5.74, 6) is 0.439. The van der Waals surface area contributed by atoms with Crippen molar-refractivity contribution in [2.24, 2.45) is 0 Å². The third-order valence-electron chi connectivity index (χ3n) is 3.61. The Morgan fingerprint density at radius 2 is 2.04 bits per heavy atom. The number of rotatable bonds is 7. The van der Waals surface area contributed by atoms with Crippen LogP contribution in [0.25, 0.3) is 6.08 Å². The summed E-state index contributed by atoms with van der Waals surface area (Å²) in [6.45, 7) is -0.237. The fourth-order valence-electron chi connectivity index (χ4n) is 2.36. The molecule has 0 atom stereocenters. The molecule has 7 nitrogen and oxygen atoms in total. The Hall–Kier alpha value is -3.44. The Kier molecular flexibility index (Phi) is 6.54. The number of ether oxygens (including phenoxy) is 3. The van der Waals surface area contributed by atoms with Crippen molar-refractivity contribution in [3.63, 3.8) is 0 Å². The van der Waals surface area contributed by atoms with Crippen molar-refractivity contribution in [1.82, 2.24) is 0 Å². The molecular weight excluding hydrogens is 380 g/mol. The van der Waals surface area contributed by atoms with E-state index in [1.54, 1.807) is 42.5 Å². The van der Waals surface area contributed by atoms with Gasteiger partial charge in [0.15, 0.2) is 18.1 Å². The van der Waals surface area contributed by atoms with Gasteiger partial charge in [0.1, 0.15) is 0 Å². The van der Waals surface area contributed by atoms with Crippen molar-refractivity contribution < 1.29 is 23.8 Å². The number of esters is 1. The number of benzene rings is 2. The van der Waals surface area contributed by atoms with E-state index in [2.05, 4.69) is 5.32 Å². The maximum absolute atomic E-state index is 12.0. The van der Waals surface area contributed by atoms with E-state index in [1.807, 2.05) is 12.1 Å². The van der Waals surface area contributed by atoms with Gasteiger partial charge in [-0.05, 0) is 35.9 Å². The second-order valence-corrected chi connectivity index (χ2v) is 6.56. The van der Waals surface area contributed by atoms with Crippen LogP contribution in [0.1, 0.15) is 5.56 Å². The van der Waals surface area contributed by atoms with E-state index >= 15 is 0 Å². The number of carbonyl (C=O) groups is 2. The number of para-hydroxylation sites is 1. The van der Waals surface area contributed by atoms with E-state index in [4.69, 9.17) is 19.5 Å². The quantitative estimate of drug-likeness (QED) is 0.436. The van der Waals surface area contributed by atoms with Gasteiger partial charge in [-0.1, -0.05) is 18.2 Å². The van der Waals surface area contributed by atoms with Gasteiger partial charge in [-0.3, -0.25) is 4.79 Å². The Bertz CT molecular complexity index is 952. The Morgan fingerprint density at radius 3 is 2.89 bits per heavy atom. The molecule has 8 heteroatoms. The molecule has 3 rings (SSSR count).